The number of likely N-dealkylation sites (N-methyl/N-ethyl adjacent to an activating group) is 1. The van der Waals surface area contributed by atoms with Crippen LogP contribution in [0.5, 0.6) is 0 Å². The molecule has 0 aliphatic heterocycles. The zero-order valence-electron chi connectivity index (χ0n) is 40.1. The molecule has 4 atom stereocenters. The fourth-order valence-electron chi connectivity index (χ4n) is 8.56. The van der Waals surface area contributed by atoms with Crippen molar-refractivity contribution in [1.29, 1.82) is 0 Å². The Morgan fingerprint density at radius 3 is 2.14 bits per heavy atom. The number of sulfone groups is 1. The van der Waals surface area contributed by atoms with Gasteiger partial charge in [-0.1, -0.05) is 23.6 Å². The average molecular weight is 1110 g/mol. The Kier molecular flexibility index (Phi) is 14.8. The number of fused-ring (bicyclic) bond motifs is 4. The zero-order chi connectivity index (χ0) is 55.0. The van der Waals surface area contributed by atoms with Gasteiger partial charge in [-0.05, 0) is 102 Å². The van der Waals surface area contributed by atoms with Gasteiger partial charge in [0.15, 0.2) is 28.1 Å². The maximum atomic E-state index is 15.9. The van der Waals surface area contributed by atoms with E-state index in [2.05, 4.69) is 32.3 Å². The number of nitrogens with zero attached hydrogens (tertiary/aromatic N) is 7. The number of carbonyl (C=O) groups is 2. The molecule has 0 radical (unpaired) electrons. The maximum Gasteiger partial charge on any atom is 0.435 e. The highest BCUT2D eigenvalue weighted by atomic mass is 35.5. The second-order valence-corrected chi connectivity index (χ2v) is 23.6. The number of hydrogen-bond acceptors (Lipinski definition) is 11. The summed E-state index contributed by atoms with van der Waals surface area (Å²) in [6.07, 6.45) is -9.60. The molecular weight excluding hydrogens is 1070 g/mol. The number of ether oxygens (including phenoxy) is 1. The van der Waals surface area contributed by atoms with Gasteiger partial charge in [-0.25, -0.2) is 34.9 Å². The van der Waals surface area contributed by atoms with E-state index in [-0.39, 0.29) is 39.9 Å². The van der Waals surface area contributed by atoms with E-state index in [0.29, 0.717) is 21.3 Å². The van der Waals surface area contributed by atoms with Gasteiger partial charge in [0.25, 0.3) is 5.92 Å². The van der Waals surface area contributed by atoms with Crippen LogP contribution < -0.4 is 9.62 Å². The molecule has 0 saturated heterocycles. The van der Waals surface area contributed by atoms with Crippen LogP contribution in [0.15, 0.2) is 42.5 Å². The van der Waals surface area contributed by atoms with Crippen LogP contribution in [0.1, 0.15) is 79.5 Å². The Hall–Kier alpha value is -5.98. The summed E-state index contributed by atoms with van der Waals surface area (Å²) in [5, 5.41) is 9.04. The van der Waals surface area contributed by atoms with Gasteiger partial charge in [0.05, 0.1) is 33.9 Å². The monoisotopic (exact) mass is 1110 g/mol. The van der Waals surface area contributed by atoms with Crippen LogP contribution in [0.4, 0.5) is 49.7 Å². The second kappa shape index (κ2) is 19.6. The van der Waals surface area contributed by atoms with Gasteiger partial charge in [0.1, 0.15) is 46.9 Å². The molecule has 0 bridgehead atoms. The van der Waals surface area contributed by atoms with Gasteiger partial charge in [-0.15, -0.1) is 0 Å². The molecule has 74 heavy (non-hydrogen) atoms. The molecule has 28 heteroatoms. The van der Waals surface area contributed by atoms with Gasteiger partial charge >= 0.3 is 18.3 Å². The van der Waals surface area contributed by atoms with Gasteiger partial charge in [0, 0.05) is 34.9 Å². The number of halogens is 11. The van der Waals surface area contributed by atoms with E-state index in [1.165, 1.54) is 51.9 Å². The molecule has 2 aliphatic rings. The van der Waals surface area contributed by atoms with E-state index in [1.54, 1.807) is 0 Å². The minimum Gasteiger partial charge on any atom is -0.442 e. The molecule has 2 aliphatic carbocycles. The number of amides is 1. The topological polar surface area (TPSA) is 179 Å². The predicted molar refractivity (Wildman–Crippen MR) is 249 cm³/mol. The fourth-order valence-corrected chi connectivity index (χ4v) is 9.72. The highest BCUT2D eigenvalue weighted by molar-refractivity contribution is 7.92. The number of anilines is 1. The number of rotatable bonds is 15. The lowest BCUT2D eigenvalue weighted by atomic mass is 9.73. The fraction of sp³-hybridized carbons (Fsp3) is 0.457. The quantitative estimate of drug-likeness (QED) is 0.0467. The highest BCUT2D eigenvalue weighted by Gasteiger charge is 2.63. The Bertz CT molecular complexity index is 3350. The van der Waals surface area contributed by atoms with Crippen molar-refractivity contribution in [3.8, 4) is 23.0 Å². The number of hydrogen-bond donors (Lipinski definition) is 1. The van der Waals surface area contributed by atoms with E-state index >= 15 is 8.78 Å². The minimum absolute atomic E-state index is 0.00727. The first-order valence-corrected chi connectivity index (χ1v) is 26.2. The first kappa shape index (κ1) is 55.8. The first-order valence-electron chi connectivity index (χ1n) is 22.1. The van der Waals surface area contributed by atoms with Crippen molar-refractivity contribution in [2.45, 2.75) is 94.1 Å². The van der Waals surface area contributed by atoms with Crippen LogP contribution in [-0.4, -0.2) is 108 Å². The van der Waals surface area contributed by atoms with Crippen molar-refractivity contribution in [2.24, 2.45) is 5.92 Å². The van der Waals surface area contributed by atoms with Gasteiger partial charge < -0.3 is 10.1 Å². The van der Waals surface area contributed by atoms with E-state index < -0.39 is 161 Å². The lowest BCUT2D eigenvalue weighted by Crippen LogP contribution is -2.39. The van der Waals surface area contributed by atoms with Crippen molar-refractivity contribution in [1.82, 2.24) is 34.8 Å². The summed E-state index contributed by atoms with van der Waals surface area (Å²) in [6, 6.07) is 4.05. The average Bonchev–Trinajstić information content (AvgIpc) is 3.83. The van der Waals surface area contributed by atoms with Crippen LogP contribution in [0, 0.1) is 29.4 Å². The van der Waals surface area contributed by atoms with Crippen LogP contribution in [0.3, 0.4) is 0 Å². The third-order valence-electron chi connectivity index (χ3n) is 12.9. The summed E-state index contributed by atoms with van der Waals surface area (Å²) >= 11 is 6.68. The predicted octanol–water partition coefficient (Wildman–Crippen LogP) is 7.90. The molecule has 5 aromatic rings. The molecule has 1 fully saturated rings. The Balaban J connectivity index is 1.47. The van der Waals surface area contributed by atoms with E-state index in [4.69, 9.17) is 16.3 Å². The number of aromatic nitrogens is 5. The third kappa shape index (κ3) is 11.2. The van der Waals surface area contributed by atoms with Crippen LogP contribution in [0.25, 0.3) is 22.0 Å². The van der Waals surface area contributed by atoms with Crippen molar-refractivity contribution in [3.05, 3.63) is 93.0 Å². The first-order chi connectivity index (χ1) is 34.0. The van der Waals surface area contributed by atoms with E-state index in [1.807, 2.05) is 0 Å². The summed E-state index contributed by atoms with van der Waals surface area (Å²) in [6.45, 7) is -0.413. The molecule has 3 aromatic heterocycles. The number of alkyl halides is 8. The number of carbonyl (C=O) groups excluding carboxylic acids is 2. The Morgan fingerprint density at radius 1 is 0.946 bits per heavy atom. The lowest BCUT2D eigenvalue weighted by Gasteiger charge is -2.34. The molecule has 400 valence electrons. The number of sulfonamides is 1. The number of pyridine rings is 1. The standard InChI is InChI=1S/C46H45ClF10N8O7S2/c1-23(62(4)5)42(67)72-22-65(74(7,70)71)41-36-32(47)13-11-29(38(36)64(61-41)21-44(50,51)52)28-9-8-27(14-15-43(2,3)73(6,68)69)58-37(28)33(18-24-16-25(48)19-26(49)17-24)59-34(66)20-63-40-35(39(60-63)46(55,56)57)30-10-12-31(30)45(40,53)54/h8-9,11,13,16-17,19,23,30-31,33H,10,12,18,20-22H2,1-7H3,(H,59,66)/t23-,30-,31+,33-/m0/s1. The zero-order valence-corrected chi connectivity index (χ0v) is 42.4. The normalized spacial score (nSPS) is 17.5. The summed E-state index contributed by atoms with van der Waals surface area (Å²) in [5.41, 5.74) is -5.61. The third-order valence-corrected chi connectivity index (χ3v) is 16.2. The number of nitrogens with one attached hydrogen (secondary N) is 1. The highest BCUT2D eigenvalue weighted by Crippen LogP contribution is 2.64. The van der Waals surface area contributed by atoms with Crippen molar-refractivity contribution in [2.75, 3.05) is 37.6 Å². The summed E-state index contributed by atoms with van der Waals surface area (Å²) < 4.78 is 205. The molecule has 2 aromatic carbocycles. The summed E-state index contributed by atoms with van der Waals surface area (Å²) in [5.74, 6) is -6.72. The number of esters is 1. The molecule has 3 heterocycles. The Morgan fingerprint density at radius 2 is 1.58 bits per heavy atom. The molecule has 15 nitrogen and oxygen atoms in total. The second-order valence-electron chi connectivity index (χ2n) is 18.7. The number of benzene rings is 2. The molecular formula is C46H45ClF10N8O7S2. The van der Waals surface area contributed by atoms with Gasteiger partial charge in [-0.3, -0.25) is 23.9 Å². The maximum absolute atomic E-state index is 15.9. The molecule has 1 N–H and O–H groups in total. The van der Waals surface area contributed by atoms with Gasteiger partial charge in [0.2, 0.25) is 15.9 Å². The van der Waals surface area contributed by atoms with Gasteiger partial charge in [-0.2, -0.15) is 45.3 Å². The molecule has 1 saturated carbocycles. The molecule has 1 amide bonds. The SMILES string of the molecule is C[C@@H](C(=O)OCN(c1nn(CC(F)(F)F)c2c(-c3ccc(C#CC(C)(C)S(C)(=O)=O)nc3[C@H](Cc3cc(F)cc(F)c3)NC(=O)Cn3nc(C(F)(F)F)c4c3C(F)(F)[C@@H]3CC[C@H]43)ccc(Cl)c12)S(C)(=O)=O)N(C)C. The summed E-state index contributed by atoms with van der Waals surface area (Å²) in [7, 11) is -5.47. The van der Waals surface area contributed by atoms with Crippen molar-refractivity contribution >= 4 is 60.1 Å². The lowest BCUT2D eigenvalue weighted by molar-refractivity contribution is -0.148. The molecule has 0 spiro atoms. The van der Waals surface area contributed by atoms with Crippen LogP contribution >= 0.6 is 11.6 Å². The smallest absolute Gasteiger partial charge is 0.435 e. The Labute approximate surface area is 422 Å². The van der Waals surface area contributed by atoms with E-state index in [0.717, 1.165) is 30.5 Å². The van der Waals surface area contributed by atoms with Crippen molar-refractivity contribution in [3.63, 3.8) is 0 Å². The summed E-state index contributed by atoms with van der Waals surface area (Å²) in [4.78, 5) is 33.2. The van der Waals surface area contributed by atoms with Crippen molar-refractivity contribution < 1.29 is 75.1 Å². The van der Waals surface area contributed by atoms with Crippen LogP contribution in [-0.2, 0) is 65.8 Å². The minimum atomic E-state index is -5.22. The molecule has 0 unspecified atom stereocenters. The molecule has 7 rings (SSSR count). The van der Waals surface area contributed by atoms with E-state index in [9.17, 15) is 61.5 Å². The van der Waals surface area contributed by atoms with Crippen LogP contribution in [0.2, 0.25) is 5.02 Å². The largest absolute Gasteiger partial charge is 0.442 e.